The van der Waals surface area contributed by atoms with Crippen molar-refractivity contribution >= 4 is 40.3 Å². The second kappa shape index (κ2) is 8.75. The number of nitrogens with one attached hydrogen (secondary N) is 3. The molecule has 3 heterocycles. The summed E-state index contributed by atoms with van der Waals surface area (Å²) in [5.41, 5.74) is -0.642. The molecule has 11 heteroatoms. The number of hydrogen-bond donors (Lipinski definition) is 3. The van der Waals surface area contributed by atoms with Crippen LogP contribution in [0.15, 0.2) is 30.6 Å². The number of benzene rings is 1. The number of carbonyl (C=O) groups is 2. The molecule has 0 radical (unpaired) electrons. The van der Waals surface area contributed by atoms with Gasteiger partial charge in [0.2, 0.25) is 5.91 Å². The van der Waals surface area contributed by atoms with E-state index in [1.54, 1.807) is 4.90 Å². The van der Waals surface area contributed by atoms with Crippen molar-refractivity contribution in [2.24, 2.45) is 0 Å². The van der Waals surface area contributed by atoms with Crippen molar-refractivity contribution in [2.45, 2.75) is 37.6 Å². The molecule has 1 aliphatic carbocycles. The number of nitrogens with zero attached hydrogens (tertiary/aromatic N) is 2. The minimum Gasteiger partial charge on any atom is -0.450 e. The molecule has 2 fully saturated rings. The first-order valence-corrected chi connectivity index (χ1v) is 11.4. The number of amides is 3. The van der Waals surface area contributed by atoms with Crippen LogP contribution in [-0.4, -0.2) is 45.4 Å². The Morgan fingerprint density at radius 3 is 2.53 bits per heavy atom. The van der Waals surface area contributed by atoms with Gasteiger partial charge in [0.15, 0.2) is 17.4 Å². The number of anilines is 1. The number of piperidine rings is 1. The van der Waals surface area contributed by atoms with Crippen molar-refractivity contribution in [1.29, 1.82) is 0 Å². The quantitative estimate of drug-likeness (QED) is 0.472. The number of fused-ring (bicyclic) bond motifs is 1. The molecule has 1 aliphatic heterocycles. The van der Waals surface area contributed by atoms with Crippen molar-refractivity contribution in [3.05, 3.63) is 47.2 Å². The van der Waals surface area contributed by atoms with E-state index < -0.39 is 29.0 Å². The van der Waals surface area contributed by atoms with Crippen LogP contribution >= 0.6 is 11.6 Å². The maximum atomic E-state index is 14.7. The molecule has 3 N–H and O–H groups in total. The molecule has 34 heavy (non-hydrogen) atoms. The van der Waals surface area contributed by atoms with Gasteiger partial charge >= 0.3 is 6.03 Å². The molecule has 2 aromatic heterocycles. The Kier molecular flexibility index (Phi) is 5.76. The summed E-state index contributed by atoms with van der Waals surface area (Å²) in [4.78, 5) is 34.0. The van der Waals surface area contributed by atoms with Crippen LogP contribution in [0.4, 0.5) is 19.3 Å². The highest BCUT2D eigenvalue weighted by Gasteiger charge is 2.53. The standard InChI is InChI=1S/C23H22ClF2N5O3/c24-14-12-28-20-18(14)17(4-7-27-20)34-19-15(25)10-13(11-16(19)26)29-22(33)30-23(5-6-23)21(32)31-8-2-1-3-9-31/h4,7,10-12H,1-3,5-6,8-9H2,(H,27,28)(H2,29,30,33). The van der Waals surface area contributed by atoms with Gasteiger partial charge in [-0.05, 0) is 38.2 Å². The van der Waals surface area contributed by atoms with Crippen LogP contribution < -0.4 is 15.4 Å². The first-order valence-electron chi connectivity index (χ1n) is 11.0. The highest BCUT2D eigenvalue weighted by molar-refractivity contribution is 6.36. The average Bonchev–Trinajstić information content (AvgIpc) is 3.50. The number of carbonyl (C=O) groups excluding carboxylic acids is 2. The minimum atomic E-state index is -1.02. The van der Waals surface area contributed by atoms with Crippen molar-refractivity contribution in [2.75, 3.05) is 18.4 Å². The third kappa shape index (κ3) is 4.25. The van der Waals surface area contributed by atoms with Gasteiger partial charge in [0.05, 0.1) is 10.4 Å². The normalized spacial score (nSPS) is 16.9. The Balaban J connectivity index is 1.28. The average molecular weight is 490 g/mol. The number of halogens is 3. The molecule has 1 saturated carbocycles. The molecule has 3 aromatic rings. The maximum absolute atomic E-state index is 14.7. The third-order valence-corrected chi connectivity index (χ3v) is 6.41. The van der Waals surface area contributed by atoms with E-state index in [0.717, 1.165) is 31.4 Å². The summed E-state index contributed by atoms with van der Waals surface area (Å²) in [7, 11) is 0. The van der Waals surface area contributed by atoms with Crippen LogP contribution in [0.5, 0.6) is 11.5 Å². The largest absolute Gasteiger partial charge is 0.450 e. The number of pyridine rings is 1. The number of H-pyrrole nitrogens is 1. The van der Waals surface area contributed by atoms with Crippen molar-refractivity contribution in [3.63, 3.8) is 0 Å². The number of rotatable bonds is 5. The van der Waals surface area contributed by atoms with E-state index >= 15 is 0 Å². The third-order valence-electron chi connectivity index (χ3n) is 6.11. The molecule has 1 aromatic carbocycles. The first kappa shape index (κ1) is 22.4. The van der Waals surface area contributed by atoms with Crippen molar-refractivity contribution < 1.29 is 23.1 Å². The molecule has 1 saturated heterocycles. The van der Waals surface area contributed by atoms with E-state index in [0.29, 0.717) is 42.0 Å². The number of hydrogen-bond acceptors (Lipinski definition) is 4. The Bertz CT molecular complexity index is 1250. The number of aromatic nitrogens is 2. The molecule has 5 rings (SSSR count). The summed E-state index contributed by atoms with van der Waals surface area (Å²) >= 11 is 6.12. The van der Waals surface area contributed by atoms with Crippen LogP contribution in [0.25, 0.3) is 11.0 Å². The second-order valence-electron chi connectivity index (χ2n) is 8.55. The van der Waals surface area contributed by atoms with E-state index in [2.05, 4.69) is 20.6 Å². The molecule has 8 nitrogen and oxygen atoms in total. The molecule has 178 valence electrons. The van der Waals surface area contributed by atoms with Crippen molar-refractivity contribution in [1.82, 2.24) is 20.2 Å². The molecule has 3 amide bonds. The molecule has 0 atom stereocenters. The summed E-state index contributed by atoms with van der Waals surface area (Å²) in [5, 5.41) is 5.78. The predicted octanol–water partition coefficient (Wildman–Crippen LogP) is 4.95. The molecular weight excluding hydrogens is 468 g/mol. The lowest BCUT2D eigenvalue weighted by Gasteiger charge is -2.30. The Labute approximate surface area is 198 Å². The van der Waals surface area contributed by atoms with Crippen LogP contribution in [0.2, 0.25) is 5.02 Å². The van der Waals surface area contributed by atoms with Crippen LogP contribution in [0, 0.1) is 11.6 Å². The Morgan fingerprint density at radius 1 is 1.15 bits per heavy atom. The zero-order valence-corrected chi connectivity index (χ0v) is 18.8. The lowest BCUT2D eigenvalue weighted by atomic mass is 10.1. The highest BCUT2D eigenvalue weighted by Crippen LogP contribution is 2.39. The summed E-state index contributed by atoms with van der Waals surface area (Å²) < 4.78 is 35.0. The number of likely N-dealkylation sites (tertiary alicyclic amines) is 1. The number of aromatic amines is 1. The number of urea groups is 1. The molecule has 2 aliphatic rings. The topological polar surface area (TPSA) is 99.3 Å². The van der Waals surface area contributed by atoms with Gasteiger partial charge in [-0.25, -0.2) is 18.6 Å². The Morgan fingerprint density at radius 2 is 1.85 bits per heavy atom. The van der Waals surface area contributed by atoms with Gasteiger partial charge in [-0.2, -0.15) is 0 Å². The van der Waals surface area contributed by atoms with Gasteiger partial charge in [-0.1, -0.05) is 11.6 Å². The van der Waals surface area contributed by atoms with Gasteiger partial charge in [-0.15, -0.1) is 0 Å². The fourth-order valence-electron chi connectivity index (χ4n) is 4.21. The maximum Gasteiger partial charge on any atom is 0.320 e. The zero-order chi connectivity index (χ0) is 23.9. The van der Waals surface area contributed by atoms with E-state index in [-0.39, 0.29) is 17.3 Å². The summed E-state index contributed by atoms with van der Waals surface area (Å²) in [5.74, 6) is -2.65. The fourth-order valence-corrected chi connectivity index (χ4v) is 4.45. The highest BCUT2D eigenvalue weighted by atomic mass is 35.5. The van der Waals surface area contributed by atoms with Crippen LogP contribution in [0.3, 0.4) is 0 Å². The first-order chi connectivity index (χ1) is 16.4. The Hall–Kier alpha value is -3.40. The second-order valence-corrected chi connectivity index (χ2v) is 8.96. The predicted molar refractivity (Wildman–Crippen MR) is 122 cm³/mol. The lowest BCUT2D eigenvalue weighted by Crippen LogP contribution is -2.52. The van der Waals surface area contributed by atoms with E-state index in [1.807, 2.05) is 0 Å². The smallest absolute Gasteiger partial charge is 0.320 e. The SMILES string of the molecule is O=C(Nc1cc(F)c(Oc2ccnc3[nH]cc(Cl)c23)c(F)c1)NC1(C(=O)N2CCCCC2)CC1. The fraction of sp³-hybridized carbons (Fsp3) is 0.348. The molecule has 0 unspecified atom stereocenters. The molecule has 0 spiro atoms. The van der Waals surface area contributed by atoms with E-state index in [1.165, 1.54) is 18.5 Å². The van der Waals surface area contributed by atoms with Gasteiger partial charge < -0.3 is 25.3 Å². The van der Waals surface area contributed by atoms with Gasteiger partial charge in [0, 0.05) is 43.3 Å². The zero-order valence-electron chi connectivity index (χ0n) is 18.1. The summed E-state index contributed by atoms with van der Waals surface area (Å²) in [6.07, 6.45) is 6.96. The monoisotopic (exact) mass is 489 g/mol. The molecule has 0 bridgehead atoms. The minimum absolute atomic E-state index is 0.101. The van der Waals surface area contributed by atoms with Crippen LogP contribution in [0.1, 0.15) is 32.1 Å². The van der Waals surface area contributed by atoms with Gasteiger partial charge in [-0.3, -0.25) is 4.79 Å². The summed E-state index contributed by atoms with van der Waals surface area (Å²) in [6, 6.07) is 2.63. The molecular formula is C23H22ClF2N5O3. The lowest BCUT2D eigenvalue weighted by molar-refractivity contribution is -0.135. The van der Waals surface area contributed by atoms with Crippen LogP contribution in [-0.2, 0) is 4.79 Å². The van der Waals surface area contributed by atoms with Gasteiger partial charge in [0.25, 0.3) is 0 Å². The number of ether oxygens (including phenoxy) is 1. The van der Waals surface area contributed by atoms with Crippen molar-refractivity contribution in [3.8, 4) is 11.5 Å². The van der Waals surface area contributed by atoms with Gasteiger partial charge in [0.1, 0.15) is 16.9 Å². The summed E-state index contributed by atoms with van der Waals surface area (Å²) in [6.45, 7) is 1.36. The van der Waals surface area contributed by atoms with E-state index in [4.69, 9.17) is 16.3 Å². The van der Waals surface area contributed by atoms with E-state index in [9.17, 15) is 18.4 Å².